The van der Waals surface area contributed by atoms with E-state index in [4.69, 9.17) is 11.6 Å². The van der Waals surface area contributed by atoms with Crippen LogP contribution in [0.2, 0.25) is 5.02 Å². The Bertz CT molecular complexity index is 584. The van der Waals surface area contributed by atoms with E-state index in [1.165, 1.54) is 0 Å². The molecule has 0 radical (unpaired) electrons. The van der Waals surface area contributed by atoms with Crippen LogP contribution in [0.25, 0.3) is 6.08 Å². The van der Waals surface area contributed by atoms with Crippen molar-refractivity contribution in [3.8, 4) is 0 Å². The van der Waals surface area contributed by atoms with Gasteiger partial charge in [0.15, 0.2) is 0 Å². The van der Waals surface area contributed by atoms with Crippen LogP contribution in [0.5, 0.6) is 0 Å². The highest BCUT2D eigenvalue weighted by Crippen LogP contribution is 2.27. The summed E-state index contributed by atoms with van der Waals surface area (Å²) in [7, 11) is 0. The van der Waals surface area contributed by atoms with Crippen molar-refractivity contribution in [2.75, 3.05) is 0 Å². The molecule has 1 aliphatic heterocycles. The van der Waals surface area contributed by atoms with Crippen molar-refractivity contribution in [1.29, 1.82) is 0 Å². The molecule has 0 saturated carbocycles. The van der Waals surface area contributed by atoms with Crippen LogP contribution in [-0.4, -0.2) is 10.8 Å². The fourth-order valence-corrected chi connectivity index (χ4v) is 2.46. The lowest BCUT2D eigenvalue weighted by Crippen LogP contribution is -2.25. The lowest BCUT2D eigenvalue weighted by atomic mass is 9.98. The molecule has 2 nitrogen and oxygen atoms in total. The Balaban J connectivity index is 2.09. The van der Waals surface area contributed by atoms with Crippen molar-refractivity contribution in [2.24, 2.45) is 0 Å². The molecule has 3 heteroatoms. The number of rotatable bonds is 0. The summed E-state index contributed by atoms with van der Waals surface area (Å²) in [5.41, 5.74) is 3.31. The molecular formula is C14H11ClNO+. The van der Waals surface area contributed by atoms with Crippen LogP contribution >= 0.6 is 11.6 Å². The van der Waals surface area contributed by atoms with Crippen molar-refractivity contribution in [2.45, 2.75) is 12.5 Å². The van der Waals surface area contributed by atoms with E-state index in [1.807, 2.05) is 36.4 Å². The van der Waals surface area contributed by atoms with E-state index in [0.29, 0.717) is 0 Å². The third-order valence-corrected chi connectivity index (χ3v) is 3.43. The van der Waals surface area contributed by atoms with Crippen molar-refractivity contribution in [3.63, 3.8) is 0 Å². The van der Waals surface area contributed by atoms with Gasteiger partial charge in [-0.3, -0.25) is 0 Å². The molecule has 0 saturated heterocycles. The summed E-state index contributed by atoms with van der Waals surface area (Å²) < 4.78 is 1.02. The smallest absolute Gasteiger partial charge is 0.0843 e. The number of fused-ring (bicyclic) bond motifs is 2. The number of halogens is 1. The first-order valence-corrected chi connectivity index (χ1v) is 5.92. The maximum absolute atomic E-state index is 11.8. The van der Waals surface area contributed by atoms with Crippen LogP contribution in [0.3, 0.4) is 0 Å². The third-order valence-electron chi connectivity index (χ3n) is 3.19. The molecule has 0 N–H and O–H groups in total. The number of benzene rings is 1. The molecule has 84 valence electrons. The zero-order valence-corrected chi connectivity index (χ0v) is 9.89. The fourth-order valence-electron chi connectivity index (χ4n) is 2.28. The molecule has 3 rings (SSSR count). The van der Waals surface area contributed by atoms with Crippen LogP contribution in [0.15, 0.2) is 48.2 Å². The Kier molecular flexibility index (Phi) is 2.45. The summed E-state index contributed by atoms with van der Waals surface area (Å²) >= 11 is 5.98. The summed E-state index contributed by atoms with van der Waals surface area (Å²) in [6.07, 6.45) is 10.1. The summed E-state index contributed by atoms with van der Waals surface area (Å²) in [5.74, 6) is 0. The Morgan fingerprint density at radius 2 is 2.18 bits per heavy atom. The van der Waals surface area contributed by atoms with Crippen LogP contribution in [0, 0.1) is 4.91 Å². The average molecular weight is 245 g/mol. The van der Waals surface area contributed by atoms with E-state index in [2.05, 4.69) is 0 Å². The number of hydrogen-bond acceptors (Lipinski definition) is 1. The van der Waals surface area contributed by atoms with Gasteiger partial charge in [0.25, 0.3) is 0 Å². The van der Waals surface area contributed by atoms with Gasteiger partial charge in [0.1, 0.15) is 0 Å². The Labute approximate surface area is 104 Å². The molecule has 1 aromatic carbocycles. The minimum atomic E-state index is -0.112. The lowest BCUT2D eigenvalue weighted by Gasteiger charge is -2.10. The summed E-state index contributed by atoms with van der Waals surface area (Å²) in [5, 5.41) is 0.726. The SMILES string of the molecule is O=[N+]1C=CC=C2C=Cc3cc(Cl)ccc3CC21. The second-order valence-corrected chi connectivity index (χ2v) is 4.70. The highest BCUT2D eigenvalue weighted by molar-refractivity contribution is 6.30. The molecule has 0 bridgehead atoms. The van der Waals surface area contributed by atoms with Crippen molar-refractivity contribution in [3.05, 3.63) is 69.3 Å². The van der Waals surface area contributed by atoms with Crippen molar-refractivity contribution < 1.29 is 4.76 Å². The largest absolute Gasteiger partial charge is 0.236 e. The predicted octanol–water partition coefficient (Wildman–Crippen LogP) is 3.51. The van der Waals surface area contributed by atoms with Gasteiger partial charge < -0.3 is 0 Å². The molecule has 1 aliphatic carbocycles. The third kappa shape index (κ3) is 1.85. The quantitative estimate of drug-likeness (QED) is 0.640. The van der Waals surface area contributed by atoms with Gasteiger partial charge in [-0.15, -0.1) is 0 Å². The van der Waals surface area contributed by atoms with Gasteiger partial charge in [0.05, 0.1) is 0 Å². The Hall–Kier alpha value is -1.67. The van der Waals surface area contributed by atoms with Crippen molar-refractivity contribution >= 4 is 17.7 Å². The maximum atomic E-state index is 11.8. The van der Waals surface area contributed by atoms with E-state index in [0.717, 1.165) is 32.9 Å². The number of nitrogens with zero attached hydrogens (tertiary/aromatic N) is 1. The average Bonchev–Trinajstić information content (AvgIpc) is 2.49. The molecular weight excluding hydrogens is 234 g/mol. The second-order valence-electron chi connectivity index (χ2n) is 4.26. The van der Waals surface area contributed by atoms with Crippen LogP contribution in [-0.2, 0) is 6.42 Å². The van der Waals surface area contributed by atoms with Gasteiger partial charge in [-0.1, -0.05) is 29.8 Å². The Morgan fingerprint density at radius 3 is 3.06 bits per heavy atom. The topological polar surface area (TPSA) is 20.1 Å². The molecule has 0 amide bonds. The van der Waals surface area contributed by atoms with Crippen molar-refractivity contribution in [1.82, 2.24) is 0 Å². The second kappa shape index (κ2) is 3.97. The standard InChI is InChI=1S/C14H11ClNO/c15-13-6-5-12-9-14-10(2-1-7-16(14)17)3-4-11(12)8-13/h1-8,14H,9H2/q+1. The fraction of sp³-hybridized carbons (Fsp3) is 0.143. The van der Waals surface area contributed by atoms with Gasteiger partial charge in [-0.2, -0.15) is 0 Å². The molecule has 1 atom stereocenters. The van der Waals surface area contributed by atoms with Gasteiger partial charge in [-0.25, -0.2) is 0 Å². The molecule has 0 fully saturated rings. The summed E-state index contributed by atoms with van der Waals surface area (Å²) in [4.78, 5) is 11.8. The normalized spacial score (nSPS) is 21.6. The van der Waals surface area contributed by atoms with Crippen LogP contribution in [0.4, 0.5) is 0 Å². The summed E-state index contributed by atoms with van der Waals surface area (Å²) in [6, 6.07) is 5.69. The predicted molar refractivity (Wildman–Crippen MR) is 68.8 cm³/mol. The zero-order chi connectivity index (χ0) is 11.8. The minimum absolute atomic E-state index is 0.112. The first-order valence-electron chi connectivity index (χ1n) is 5.54. The van der Waals surface area contributed by atoms with E-state index in [9.17, 15) is 4.91 Å². The van der Waals surface area contributed by atoms with E-state index < -0.39 is 0 Å². The van der Waals surface area contributed by atoms with E-state index >= 15 is 0 Å². The van der Waals surface area contributed by atoms with Gasteiger partial charge >= 0.3 is 0 Å². The summed E-state index contributed by atoms with van der Waals surface area (Å²) in [6.45, 7) is 0. The molecule has 2 aliphatic rings. The monoisotopic (exact) mass is 244 g/mol. The molecule has 17 heavy (non-hydrogen) atoms. The number of hydrogen-bond donors (Lipinski definition) is 0. The highest BCUT2D eigenvalue weighted by atomic mass is 35.5. The number of nitroso groups, excluding NO2 is 1. The Morgan fingerprint density at radius 1 is 1.29 bits per heavy atom. The first kappa shape index (κ1) is 10.5. The lowest BCUT2D eigenvalue weighted by molar-refractivity contribution is -0.511. The molecule has 1 aromatic rings. The maximum Gasteiger partial charge on any atom is 0.236 e. The molecule has 0 aromatic heterocycles. The zero-order valence-electron chi connectivity index (χ0n) is 9.14. The molecule has 1 unspecified atom stereocenters. The van der Waals surface area contributed by atoms with E-state index in [-0.39, 0.29) is 6.04 Å². The van der Waals surface area contributed by atoms with E-state index in [1.54, 1.807) is 12.3 Å². The highest BCUT2D eigenvalue weighted by Gasteiger charge is 2.31. The molecule has 0 spiro atoms. The number of allylic oxidation sites excluding steroid dienone is 2. The van der Waals surface area contributed by atoms with Gasteiger partial charge in [0.2, 0.25) is 12.2 Å². The molecule has 1 heterocycles. The van der Waals surface area contributed by atoms with Gasteiger partial charge in [0, 0.05) is 32.8 Å². The van der Waals surface area contributed by atoms with Gasteiger partial charge in [-0.05, 0) is 29.3 Å². The van der Waals surface area contributed by atoms with Crippen LogP contribution in [0.1, 0.15) is 11.1 Å². The minimum Gasteiger partial charge on any atom is -0.0843 e. The van der Waals surface area contributed by atoms with Crippen LogP contribution < -0.4 is 0 Å². The first-order chi connectivity index (χ1) is 8.24.